The molecule has 1 aromatic rings. The van der Waals surface area contributed by atoms with Gasteiger partial charge in [0, 0.05) is 13.5 Å². The lowest BCUT2D eigenvalue weighted by molar-refractivity contribution is -0.120. The van der Waals surface area contributed by atoms with Gasteiger partial charge in [0.1, 0.15) is 11.3 Å². The Bertz CT molecular complexity index is 448. The Morgan fingerprint density at radius 1 is 1.44 bits per heavy atom. The number of carboxylic acid groups (broad SMARTS) is 1. The molecule has 0 aliphatic rings. The molecule has 0 aromatic heterocycles. The fraction of sp³-hybridized carbons (Fsp3) is 0.333. The van der Waals surface area contributed by atoms with Gasteiger partial charge >= 0.3 is 5.97 Å². The molecule has 0 saturated heterocycles. The number of hydrogen-bond acceptors (Lipinski definition) is 3. The summed E-state index contributed by atoms with van der Waals surface area (Å²) in [5.74, 6) is -0.816. The molecule has 0 unspecified atom stereocenters. The van der Waals surface area contributed by atoms with Gasteiger partial charge < -0.3 is 15.2 Å². The number of carbonyl (C=O) groups is 2. The first-order valence-electron chi connectivity index (χ1n) is 5.41. The number of benzene rings is 1. The summed E-state index contributed by atoms with van der Waals surface area (Å²) >= 11 is 3.24. The first-order chi connectivity index (χ1) is 8.56. The summed E-state index contributed by atoms with van der Waals surface area (Å²) in [6.07, 6.45) is 0.878. The number of ether oxygens (including phenoxy) is 1. The number of rotatable bonds is 6. The number of carbonyl (C=O) groups excluding carboxylic acids is 1. The molecule has 0 aliphatic heterocycles. The Morgan fingerprint density at radius 2 is 2.17 bits per heavy atom. The van der Waals surface area contributed by atoms with Gasteiger partial charge in [-0.15, -0.1) is 0 Å². The zero-order valence-electron chi connectivity index (χ0n) is 9.90. The fourth-order valence-electron chi connectivity index (χ4n) is 1.36. The Morgan fingerprint density at radius 3 is 2.78 bits per heavy atom. The van der Waals surface area contributed by atoms with Crippen LogP contribution in [0.2, 0.25) is 0 Å². The standard InChI is InChI=1S/C12H14BrNO4/c1-14-10(15)6-3-7-18-11-8(12(16)17)4-2-5-9(11)13/h2,4-5H,3,6-7H2,1H3,(H,14,15)(H,16,17). The summed E-state index contributed by atoms with van der Waals surface area (Å²) in [4.78, 5) is 22.0. The molecule has 1 amide bonds. The van der Waals surface area contributed by atoms with Crippen LogP contribution in [-0.4, -0.2) is 30.6 Å². The van der Waals surface area contributed by atoms with Crippen LogP contribution in [0.4, 0.5) is 0 Å². The highest BCUT2D eigenvalue weighted by Crippen LogP contribution is 2.29. The molecule has 98 valence electrons. The maximum absolute atomic E-state index is 11.0. The van der Waals surface area contributed by atoms with Crippen molar-refractivity contribution in [1.29, 1.82) is 0 Å². The second-order valence-electron chi connectivity index (χ2n) is 3.55. The predicted molar refractivity (Wildman–Crippen MR) is 69.9 cm³/mol. The average molecular weight is 316 g/mol. The first-order valence-corrected chi connectivity index (χ1v) is 6.20. The van der Waals surface area contributed by atoms with Crippen LogP contribution in [0, 0.1) is 0 Å². The van der Waals surface area contributed by atoms with E-state index < -0.39 is 5.97 Å². The van der Waals surface area contributed by atoms with Crippen molar-refractivity contribution >= 4 is 27.8 Å². The molecule has 0 radical (unpaired) electrons. The van der Waals surface area contributed by atoms with Crippen LogP contribution < -0.4 is 10.1 Å². The van der Waals surface area contributed by atoms with E-state index in [2.05, 4.69) is 21.2 Å². The molecule has 5 nitrogen and oxygen atoms in total. The molecule has 0 fully saturated rings. The summed E-state index contributed by atoms with van der Waals surface area (Å²) in [7, 11) is 1.57. The van der Waals surface area contributed by atoms with E-state index in [9.17, 15) is 9.59 Å². The summed E-state index contributed by atoms with van der Waals surface area (Å²) in [5.41, 5.74) is 0.101. The Kier molecular flexibility index (Phi) is 5.64. The lowest BCUT2D eigenvalue weighted by Gasteiger charge is -2.10. The molecule has 2 N–H and O–H groups in total. The van der Waals surface area contributed by atoms with Crippen LogP contribution in [0.3, 0.4) is 0 Å². The van der Waals surface area contributed by atoms with Crippen molar-refractivity contribution in [3.63, 3.8) is 0 Å². The van der Waals surface area contributed by atoms with E-state index in [0.717, 1.165) is 0 Å². The number of hydrogen-bond donors (Lipinski definition) is 2. The highest BCUT2D eigenvalue weighted by molar-refractivity contribution is 9.10. The van der Waals surface area contributed by atoms with Crippen molar-refractivity contribution in [1.82, 2.24) is 5.32 Å². The number of halogens is 1. The van der Waals surface area contributed by atoms with Crippen molar-refractivity contribution in [2.75, 3.05) is 13.7 Å². The van der Waals surface area contributed by atoms with E-state index in [1.807, 2.05) is 0 Å². The molecule has 6 heteroatoms. The van der Waals surface area contributed by atoms with E-state index in [4.69, 9.17) is 9.84 Å². The maximum atomic E-state index is 11.0. The van der Waals surface area contributed by atoms with Crippen LogP contribution in [0.25, 0.3) is 0 Å². The summed E-state index contributed by atoms with van der Waals surface area (Å²) in [6.45, 7) is 0.288. The molecule has 0 heterocycles. The molecule has 0 bridgehead atoms. The average Bonchev–Trinajstić information content (AvgIpc) is 2.35. The van der Waals surface area contributed by atoms with Gasteiger partial charge in [0.15, 0.2) is 0 Å². The van der Waals surface area contributed by atoms with Crippen molar-refractivity contribution in [3.8, 4) is 5.75 Å². The zero-order chi connectivity index (χ0) is 13.5. The maximum Gasteiger partial charge on any atom is 0.339 e. The van der Waals surface area contributed by atoms with Crippen molar-refractivity contribution in [2.45, 2.75) is 12.8 Å². The third kappa shape index (κ3) is 4.03. The first kappa shape index (κ1) is 14.5. The normalized spacial score (nSPS) is 9.89. The monoisotopic (exact) mass is 315 g/mol. The van der Waals surface area contributed by atoms with Crippen molar-refractivity contribution in [2.24, 2.45) is 0 Å². The lowest BCUT2D eigenvalue weighted by atomic mass is 10.2. The topological polar surface area (TPSA) is 75.6 Å². The number of aromatic carboxylic acids is 1. The smallest absolute Gasteiger partial charge is 0.339 e. The second kappa shape index (κ2) is 7.00. The number of amides is 1. The zero-order valence-corrected chi connectivity index (χ0v) is 11.5. The number of nitrogens with one attached hydrogen (secondary N) is 1. The second-order valence-corrected chi connectivity index (χ2v) is 4.40. The highest BCUT2D eigenvalue weighted by Gasteiger charge is 2.14. The lowest BCUT2D eigenvalue weighted by Crippen LogP contribution is -2.18. The van der Waals surface area contributed by atoms with Crippen LogP contribution in [-0.2, 0) is 4.79 Å². The fourth-order valence-corrected chi connectivity index (χ4v) is 1.84. The predicted octanol–water partition coefficient (Wildman–Crippen LogP) is 2.05. The van der Waals surface area contributed by atoms with Crippen LogP contribution >= 0.6 is 15.9 Å². The molecule has 0 aliphatic carbocycles. The molecule has 1 aromatic carbocycles. The van der Waals surface area contributed by atoms with Gasteiger partial charge in [0.2, 0.25) is 5.91 Å². The molecule has 1 rings (SSSR count). The summed E-state index contributed by atoms with van der Waals surface area (Å²) < 4.78 is 6.00. The minimum absolute atomic E-state index is 0.0656. The Balaban J connectivity index is 2.61. The van der Waals surface area contributed by atoms with Crippen molar-refractivity contribution < 1.29 is 19.4 Å². The van der Waals surface area contributed by atoms with Crippen LogP contribution in [0.5, 0.6) is 5.75 Å². The van der Waals surface area contributed by atoms with Crippen molar-refractivity contribution in [3.05, 3.63) is 28.2 Å². The molecular formula is C12H14BrNO4. The highest BCUT2D eigenvalue weighted by atomic mass is 79.9. The van der Waals surface area contributed by atoms with E-state index >= 15 is 0 Å². The van der Waals surface area contributed by atoms with Gasteiger partial charge in [-0.3, -0.25) is 4.79 Å². The quantitative estimate of drug-likeness (QED) is 0.788. The summed E-state index contributed by atoms with van der Waals surface area (Å²) in [5, 5.41) is 11.5. The van der Waals surface area contributed by atoms with Gasteiger partial charge in [-0.05, 0) is 34.5 Å². The van der Waals surface area contributed by atoms with Gasteiger partial charge in [-0.2, -0.15) is 0 Å². The molecule has 0 saturated carbocycles. The molecular weight excluding hydrogens is 302 g/mol. The van der Waals surface area contributed by atoms with Crippen LogP contribution in [0.1, 0.15) is 23.2 Å². The van der Waals surface area contributed by atoms with E-state index in [-0.39, 0.29) is 18.1 Å². The number of carboxylic acids is 1. The largest absolute Gasteiger partial charge is 0.491 e. The van der Waals surface area contributed by atoms with Gasteiger partial charge in [-0.25, -0.2) is 4.79 Å². The van der Waals surface area contributed by atoms with Gasteiger partial charge in [0.25, 0.3) is 0 Å². The van der Waals surface area contributed by atoms with Gasteiger partial charge in [0.05, 0.1) is 11.1 Å². The third-order valence-electron chi connectivity index (χ3n) is 2.27. The van der Waals surface area contributed by atoms with Crippen LogP contribution in [0.15, 0.2) is 22.7 Å². The van der Waals surface area contributed by atoms with Gasteiger partial charge in [-0.1, -0.05) is 6.07 Å². The molecule has 18 heavy (non-hydrogen) atoms. The number of para-hydroxylation sites is 1. The minimum Gasteiger partial charge on any atom is -0.491 e. The molecule has 0 atom stereocenters. The Labute approximate surface area is 113 Å². The van der Waals surface area contributed by atoms with E-state index in [1.54, 1.807) is 19.2 Å². The minimum atomic E-state index is -1.04. The van der Waals surface area contributed by atoms with E-state index in [0.29, 0.717) is 23.1 Å². The third-order valence-corrected chi connectivity index (χ3v) is 2.90. The SMILES string of the molecule is CNC(=O)CCCOc1c(Br)cccc1C(=O)O. The van der Waals surface area contributed by atoms with E-state index in [1.165, 1.54) is 6.07 Å². The Hall–Kier alpha value is -1.56. The summed E-state index contributed by atoms with van der Waals surface area (Å²) in [6, 6.07) is 4.81. The molecule has 0 spiro atoms.